The third-order valence-electron chi connectivity index (χ3n) is 5.93. The van der Waals surface area contributed by atoms with E-state index in [1.54, 1.807) is 0 Å². The molecule has 27 heavy (non-hydrogen) atoms. The lowest BCUT2D eigenvalue weighted by Crippen LogP contribution is -2.47. The van der Waals surface area contributed by atoms with Crippen molar-refractivity contribution < 1.29 is 22.7 Å². The second kappa shape index (κ2) is 7.29. The zero-order valence-corrected chi connectivity index (χ0v) is 15.0. The quantitative estimate of drug-likeness (QED) is 0.862. The summed E-state index contributed by atoms with van der Waals surface area (Å²) in [6.45, 7) is 1.88. The molecular weight excluding hydrogens is 363 g/mol. The van der Waals surface area contributed by atoms with Crippen molar-refractivity contribution >= 4 is 11.9 Å². The van der Waals surface area contributed by atoms with Crippen LogP contribution < -0.4 is 5.32 Å². The van der Waals surface area contributed by atoms with Crippen LogP contribution in [0.1, 0.15) is 44.6 Å². The Hall–Kier alpha value is -1.84. The molecule has 0 spiro atoms. The van der Waals surface area contributed by atoms with Crippen LogP contribution in [-0.4, -0.2) is 63.6 Å². The average Bonchev–Trinajstić information content (AvgIpc) is 3.31. The average molecular weight is 387 g/mol. The first-order chi connectivity index (χ1) is 12.9. The Labute approximate surface area is 155 Å². The summed E-state index contributed by atoms with van der Waals surface area (Å²) in [6, 6.07) is -1.97. The van der Waals surface area contributed by atoms with Crippen molar-refractivity contribution in [2.75, 3.05) is 25.0 Å². The zero-order chi connectivity index (χ0) is 19.0. The molecule has 1 unspecified atom stereocenters. The third-order valence-corrected chi connectivity index (χ3v) is 5.93. The van der Waals surface area contributed by atoms with Gasteiger partial charge in [-0.15, -0.1) is 0 Å². The SMILES string of the molecule is O=C(CC1CCCO1)N1CCC([C@@H]2C[C@H](C(F)(F)F)n3ncnc3N2)CC1. The highest BCUT2D eigenvalue weighted by Crippen LogP contribution is 2.41. The lowest BCUT2D eigenvalue weighted by Gasteiger charge is -2.40. The highest BCUT2D eigenvalue weighted by atomic mass is 19.4. The summed E-state index contributed by atoms with van der Waals surface area (Å²) < 4.78 is 46.7. The number of nitrogens with zero attached hydrogens (tertiary/aromatic N) is 4. The van der Waals surface area contributed by atoms with E-state index in [0.29, 0.717) is 32.4 Å². The lowest BCUT2D eigenvalue weighted by atomic mass is 9.85. The molecule has 1 N–H and O–H groups in total. The number of hydrogen-bond acceptors (Lipinski definition) is 5. The van der Waals surface area contributed by atoms with Crippen molar-refractivity contribution in [3.8, 4) is 0 Å². The van der Waals surface area contributed by atoms with Gasteiger partial charge in [-0.25, -0.2) is 4.68 Å². The monoisotopic (exact) mass is 387 g/mol. The predicted molar refractivity (Wildman–Crippen MR) is 90.0 cm³/mol. The van der Waals surface area contributed by atoms with Crippen LogP contribution >= 0.6 is 0 Å². The van der Waals surface area contributed by atoms with E-state index in [2.05, 4.69) is 15.4 Å². The van der Waals surface area contributed by atoms with Crippen molar-refractivity contribution in [1.29, 1.82) is 0 Å². The molecule has 1 aromatic heterocycles. The molecule has 3 atom stereocenters. The van der Waals surface area contributed by atoms with Gasteiger partial charge in [-0.3, -0.25) is 4.79 Å². The molecule has 4 heterocycles. The van der Waals surface area contributed by atoms with Crippen molar-refractivity contribution in [1.82, 2.24) is 19.7 Å². The van der Waals surface area contributed by atoms with Gasteiger partial charge in [0.2, 0.25) is 11.9 Å². The van der Waals surface area contributed by atoms with Crippen LogP contribution in [0.25, 0.3) is 0 Å². The third kappa shape index (κ3) is 3.90. The van der Waals surface area contributed by atoms with E-state index in [-0.39, 0.29) is 36.3 Å². The Balaban J connectivity index is 1.35. The van der Waals surface area contributed by atoms with Crippen LogP contribution in [0.3, 0.4) is 0 Å². The molecule has 3 aliphatic heterocycles. The maximum absolute atomic E-state index is 13.4. The second-order valence-corrected chi connectivity index (χ2v) is 7.63. The summed E-state index contributed by atoms with van der Waals surface area (Å²) in [6.07, 6.45) is 0.457. The Morgan fingerprint density at radius 2 is 2.07 bits per heavy atom. The van der Waals surface area contributed by atoms with Crippen LogP contribution in [0.2, 0.25) is 0 Å². The van der Waals surface area contributed by atoms with E-state index in [1.165, 1.54) is 0 Å². The van der Waals surface area contributed by atoms with E-state index in [4.69, 9.17) is 4.74 Å². The molecule has 0 aromatic carbocycles. The molecule has 7 nitrogen and oxygen atoms in total. The topological polar surface area (TPSA) is 72.3 Å². The molecule has 150 valence electrons. The first-order valence-corrected chi connectivity index (χ1v) is 9.54. The molecule has 0 bridgehead atoms. The van der Waals surface area contributed by atoms with Crippen LogP contribution in [-0.2, 0) is 9.53 Å². The van der Waals surface area contributed by atoms with Crippen molar-refractivity contribution in [3.05, 3.63) is 6.33 Å². The van der Waals surface area contributed by atoms with E-state index in [9.17, 15) is 18.0 Å². The number of fused-ring (bicyclic) bond motifs is 1. The minimum absolute atomic E-state index is 0.0224. The normalized spacial score (nSPS) is 29.4. The maximum Gasteiger partial charge on any atom is 0.411 e. The fourth-order valence-electron chi connectivity index (χ4n) is 4.41. The molecular formula is C17H24F3N5O2. The Bertz CT molecular complexity index is 666. The number of aromatic nitrogens is 3. The molecule has 2 saturated heterocycles. The molecule has 1 aromatic rings. The Morgan fingerprint density at radius 1 is 1.30 bits per heavy atom. The number of rotatable bonds is 3. The number of piperidine rings is 1. The molecule has 2 fully saturated rings. The summed E-state index contributed by atoms with van der Waals surface area (Å²) >= 11 is 0. The van der Waals surface area contributed by atoms with Crippen LogP contribution in [0.5, 0.6) is 0 Å². The number of ether oxygens (including phenoxy) is 1. The summed E-state index contributed by atoms with van der Waals surface area (Å²) in [5.41, 5.74) is 0. The number of nitrogens with one attached hydrogen (secondary N) is 1. The van der Waals surface area contributed by atoms with Gasteiger partial charge < -0.3 is 15.0 Å². The first kappa shape index (κ1) is 18.5. The number of hydrogen-bond donors (Lipinski definition) is 1. The van der Waals surface area contributed by atoms with Crippen molar-refractivity contribution in [2.45, 2.75) is 62.9 Å². The van der Waals surface area contributed by atoms with Crippen LogP contribution in [0.4, 0.5) is 19.1 Å². The number of anilines is 1. The molecule has 0 saturated carbocycles. The second-order valence-electron chi connectivity index (χ2n) is 7.63. The number of halogens is 3. The van der Waals surface area contributed by atoms with Crippen LogP contribution in [0, 0.1) is 5.92 Å². The number of carbonyl (C=O) groups excluding carboxylic acids is 1. The highest BCUT2D eigenvalue weighted by Gasteiger charge is 2.48. The van der Waals surface area contributed by atoms with Gasteiger partial charge in [-0.1, -0.05) is 0 Å². The summed E-state index contributed by atoms with van der Waals surface area (Å²) in [5.74, 6) is 0.336. The van der Waals surface area contributed by atoms with E-state index in [1.807, 2.05) is 4.90 Å². The largest absolute Gasteiger partial charge is 0.411 e. The standard InChI is InChI=1S/C17H24F3N5O2/c18-17(19,20)14-9-13(23-16-21-10-22-25(14)16)11-3-5-24(6-4-11)15(26)8-12-2-1-7-27-12/h10-14H,1-9H2,(H,21,22,23)/t12?,13-,14+/m0/s1. The molecule has 1 amide bonds. The van der Waals surface area contributed by atoms with Gasteiger partial charge in [0.25, 0.3) is 0 Å². The molecule has 0 aliphatic carbocycles. The number of likely N-dealkylation sites (tertiary alicyclic amines) is 1. The van der Waals surface area contributed by atoms with Gasteiger partial charge in [-0.05, 0) is 38.0 Å². The van der Waals surface area contributed by atoms with Gasteiger partial charge in [0.05, 0.1) is 12.5 Å². The van der Waals surface area contributed by atoms with Gasteiger partial charge in [0.15, 0.2) is 6.04 Å². The number of alkyl halides is 3. The highest BCUT2D eigenvalue weighted by molar-refractivity contribution is 5.76. The lowest BCUT2D eigenvalue weighted by molar-refractivity contribution is -0.174. The molecule has 10 heteroatoms. The van der Waals surface area contributed by atoms with E-state index >= 15 is 0 Å². The summed E-state index contributed by atoms with van der Waals surface area (Å²) in [7, 11) is 0. The number of amides is 1. The first-order valence-electron chi connectivity index (χ1n) is 9.54. The summed E-state index contributed by atoms with van der Waals surface area (Å²) in [5, 5.41) is 6.84. The van der Waals surface area contributed by atoms with Gasteiger partial charge in [0.1, 0.15) is 6.33 Å². The van der Waals surface area contributed by atoms with Gasteiger partial charge >= 0.3 is 6.18 Å². The Morgan fingerprint density at radius 3 is 2.74 bits per heavy atom. The molecule has 3 aliphatic rings. The van der Waals surface area contributed by atoms with E-state index < -0.39 is 12.2 Å². The van der Waals surface area contributed by atoms with Crippen LogP contribution in [0.15, 0.2) is 6.33 Å². The van der Waals surface area contributed by atoms with Crippen molar-refractivity contribution in [2.24, 2.45) is 5.92 Å². The minimum Gasteiger partial charge on any atom is -0.378 e. The van der Waals surface area contributed by atoms with Gasteiger partial charge in [-0.2, -0.15) is 23.3 Å². The van der Waals surface area contributed by atoms with Crippen molar-refractivity contribution in [3.63, 3.8) is 0 Å². The molecule has 4 rings (SSSR count). The molecule has 0 radical (unpaired) electrons. The smallest absolute Gasteiger partial charge is 0.378 e. The maximum atomic E-state index is 13.4. The van der Waals surface area contributed by atoms with E-state index in [0.717, 1.165) is 30.5 Å². The fraction of sp³-hybridized carbons (Fsp3) is 0.824. The zero-order valence-electron chi connectivity index (χ0n) is 15.0. The fourth-order valence-corrected chi connectivity index (χ4v) is 4.41. The predicted octanol–water partition coefficient (Wildman–Crippen LogP) is 2.37. The minimum atomic E-state index is -4.36. The summed E-state index contributed by atoms with van der Waals surface area (Å²) in [4.78, 5) is 18.2. The Kier molecular flexibility index (Phi) is 5.00. The van der Waals surface area contributed by atoms with Gasteiger partial charge in [0, 0.05) is 25.7 Å². The number of carbonyl (C=O) groups is 1.